The van der Waals surface area contributed by atoms with Gasteiger partial charge in [0.1, 0.15) is 19.0 Å². The molecule has 4 N–H and O–H groups in total. The van der Waals surface area contributed by atoms with Crippen LogP contribution in [0.5, 0.6) is 11.5 Å². The highest BCUT2D eigenvalue weighted by Gasteiger charge is 2.20. The molecule has 0 aliphatic carbocycles. The second kappa shape index (κ2) is 18.6. The standard InChI is InChI=1S/C31H36FN3O8S/c1-40-9-11-42-28-15-26(31(39)35-33-17-21-5-4-8-24(32)14-21)27(16-29(28)43-12-10-41-2)34-30(38)23-7-3-6-22(13-23)19-44-20-25(37)18-36/h3-8,13-17,25,36-37H,9-12,18-20H2,1-2H3,(H,34,38)(H,35,39). The number of nitrogens with zero attached hydrogens (tertiary/aromatic N) is 1. The van der Waals surface area contributed by atoms with Gasteiger partial charge in [-0.05, 0) is 41.5 Å². The first kappa shape index (κ1) is 34.5. The van der Waals surface area contributed by atoms with Gasteiger partial charge >= 0.3 is 0 Å². The second-order valence-electron chi connectivity index (χ2n) is 9.29. The Balaban J connectivity index is 1.90. The maximum absolute atomic E-state index is 13.5. The summed E-state index contributed by atoms with van der Waals surface area (Å²) in [6.45, 7) is 0.592. The minimum atomic E-state index is -0.823. The van der Waals surface area contributed by atoms with Crippen LogP contribution in [-0.2, 0) is 15.2 Å². The molecule has 2 amide bonds. The molecule has 11 nitrogen and oxygen atoms in total. The van der Waals surface area contributed by atoms with Gasteiger partial charge in [0.15, 0.2) is 11.5 Å². The van der Waals surface area contributed by atoms with Crippen LogP contribution < -0.4 is 20.2 Å². The number of thioether (sulfide) groups is 1. The van der Waals surface area contributed by atoms with Crippen molar-refractivity contribution in [3.8, 4) is 11.5 Å². The highest BCUT2D eigenvalue weighted by molar-refractivity contribution is 7.98. The van der Waals surface area contributed by atoms with Crippen LogP contribution in [0, 0.1) is 5.82 Å². The molecule has 0 aromatic heterocycles. The summed E-state index contributed by atoms with van der Waals surface area (Å²) >= 11 is 1.42. The first-order chi connectivity index (χ1) is 21.3. The van der Waals surface area contributed by atoms with Gasteiger partial charge in [-0.1, -0.05) is 24.3 Å². The molecule has 236 valence electrons. The Labute approximate surface area is 259 Å². The van der Waals surface area contributed by atoms with Crippen LogP contribution in [-0.4, -0.2) is 87.4 Å². The molecule has 1 unspecified atom stereocenters. The second-order valence-corrected chi connectivity index (χ2v) is 10.3. The summed E-state index contributed by atoms with van der Waals surface area (Å²) in [5, 5.41) is 25.3. The van der Waals surface area contributed by atoms with Crippen molar-refractivity contribution in [1.29, 1.82) is 0 Å². The van der Waals surface area contributed by atoms with Crippen molar-refractivity contribution in [2.75, 3.05) is 58.3 Å². The van der Waals surface area contributed by atoms with Crippen molar-refractivity contribution in [3.05, 3.63) is 88.7 Å². The number of hydrazone groups is 1. The number of aliphatic hydroxyl groups excluding tert-OH is 2. The number of ether oxygens (including phenoxy) is 4. The summed E-state index contributed by atoms with van der Waals surface area (Å²) < 4.78 is 35.3. The molecule has 13 heteroatoms. The maximum atomic E-state index is 13.5. The lowest BCUT2D eigenvalue weighted by atomic mass is 10.1. The fourth-order valence-electron chi connectivity index (χ4n) is 3.72. The summed E-state index contributed by atoms with van der Waals surface area (Å²) in [6, 6.07) is 15.5. The van der Waals surface area contributed by atoms with Crippen LogP contribution >= 0.6 is 11.8 Å². The number of hydrogen-bond donors (Lipinski definition) is 4. The fraction of sp³-hybridized carbons (Fsp3) is 0.323. The van der Waals surface area contributed by atoms with Crippen molar-refractivity contribution in [2.45, 2.75) is 11.9 Å². The van der Waals surface area contributed by atoms with Crippen molar-refractivity contribution < 1.29 is 43.1 Å². The Morgan fingerprint density at radius 1 is 0.955 bits per heavy atom. The van der Waals surface area contributed by atoms with Crippen LogP contribution in [0.1, 0.15) is 31.8 Å². The number of nitrogens with one attached hydrogen (secondary N) is 2. The van der Waals surface area contributed by atoms with E-state index in [1.807, 2.05) is 6.07 Å². The number of aliphatic hydroxyl groups is 2. The Morgan fingerprint density at radius 2 is 1.66 bits per heavy atom. The Kier molecular flexibility index (Phi) is 14.6. The normalized spacial score (nSPS) is 11.8. The van der Waals surface area contributed by atoms with Crippen molar-refractivity contribution in [3.63, 3.8) is 0 Å². The lowest BCUT2D eigenvalue weighted by Crippen LogP contribution is -2.22. The Hall–Kier alpha value is -4.01. The van der Waals surface area contributed by atoms with E-state index in [1.165, 1.54) is 62.5 Å². The molecule has 0 aliphatic heterocycles. The van der Waals surface area contributed by atoms with Crippen LogP contribution in [0.15, 0.2) is 65.8 Å². The van der Waals surface area contributed by atoms with Gasteiger partial charge in [-0.3, -0.25) is 9.59 Å². The highest BCUT2D eigenvalue weighted by Crippen LogP contribution is 2.34. The predicted octanol–water partition coefficient (Wildman–Crippen LogP) is 3.48. The van der Waals surface area contributed by atoms with E-state index in [4.69, 9.17) is 24.1 Å². The van der Waals surface area contributed by atoms with Gasteiger partial charge in [0.2, 0.25) is 0 Å². The van der Waals surface area contributed by atoms with Gasteiger partial charge in [0.25, 0.3) is 11.8 Å². The molecule has 1 atom stereocenters. The summed E-state index contributed by atoms with van der Waals surface area (Å²) in [5.41, 5.74) is 4.18. The minimum absolute atomic E-state index is 0.0333. The number of carbonyl (C=O) groups is 2. The predicted molar refractivity (Wildman–Crippen MR) is 166 cm³/mol. The van der Waals surface area contributed by atoms with E-state index in [9.17, 15) is 19.1 Å². The lowest BCUT2D eigenvalue weighted by Gasteiger charge is -2.17. The average Bonchev–Trinajstić information content (AvgIpc) is 3.02. The highest BCUT2D eigenvalue weighted by atomic mass is 32.2. The molecule has 0 saturated carbocycles. The molecular formula is C31H36FN3O8S. The molecule has 0 fully saturated rings. The summed E-state index contributed by atoms with van der Waals surface area (Å²) in [7, 11) is 3.06. The third kappa shape index (κ3) is 11.2. The number of carbonyl (C=O) groups excluding carboxylic acids is 2. The third-order valence-electron chi connectivity index (χ3n) is 5.87. The van der Waals surface area contributed by atoms with Crippen molar-refractivity contribution >= 4 is 35.5 Å². The van der Waals surface area contributed by atoms with Gasteiger partial charge in [0.05, 0.1) is 43.4 Å². The van der Waals surface area contributed by atoms with Gasteiger partial charge in [-0.25, -0.2) is 9.82 Å². The van der Waals surface area contributed by atoms with Gasteiger partial charge in [-0.2, -0.15) is 16.9 Å². The molecule has 44 heavy (non-hydrogen) atoms. The Bertz CT molecular complexity index is 1410. The van der Waals surface area contributed by atoms with Crippen LogP contribution in [0.25, 0.3) is 0 Å². The number of hydrogen-bond acceptors (Lipinski definition) is 10. The SMILES string of the molecule is COCCOc1cc(NC(=O)c2cccc(CSCC(O)CO)c2)c(C(=O)NN=Cc2cccc(F)c2)cc1OCCOC. The van der Waals surface area contributed by atoms with Crippen LogP contribution in [0.2, 0.25) is 0 Å². The number of halogens is 1. The van der Waals surface area contributed by atoms with E-state index in [0.717, 1.165) is 5.56 Å². The zero-order valence-corrected chi connectivity index (χ0v) is 25.3. The van der Waals surface area contributed by atoms with Crippen LogP contribution in [0.3, 0.4) is 0 Å². The van der Waals surface area contributed by atoms with E-state index in [0.29, 0.717) is 22.6 Å². The fourth-order valence-corrected chi connectivity index (χ4v) is 4.63. The molecule has 3 rings (SSSR count). The summed E-state index contributed by atoms with van der Waals surface area (Å²) in [6.07, 6.45) is 0.469. The van der Waals surface area contributed by atoms with E-state index in [2.05, 4.69) is 15.8 Å². The molecule has 3 aromatic rings. The molecular weight excluding hydrogens is 593 g/mol. The van der Waals surface area contributed by atoms with E-state index in [-0.39, 0.29) is 55.8 Å². The smallest absolute Gasteiger partial charge is 0.273 e. The van der Waals surface area contributed by atoms with Gasteiger partial charge in [-0.15, -0.1) is 0 Å². The monoisotopic (exact) mass is 629 g/mol. The molecule has 0 heterocycles. The number of rotatable bonds is 18. The summed E-state index contributed by atoms with van der Waals surface area (Å²) in [4.78, 5) is 26.7. The average molecular weight is 630 g/mol. The van der Waals surface area contributed by atoms with Gasteiger partial charge in [0, 0.05) is 37.4 Å². The van der Waals surface area contributed by atoms with E-state index >= 15 is 0 Å². The van der Waals surface area contributed by atoms with E-state index in [1.54, 1.807) is 24.3 Å². The Morgan fingerprint density at radius 3 is 2.34 bits per heavy atom. The van der Waals surface area contributed by atoms with Crippen LogP contribution in [0.4, 0.5) is 10.1 Å². The number of benzene rings is 3. The maximum Gasteiger partial charge on any atom is 0.273 e. The van der Waals surface area contributed by atoms with Crippen molar-refractivity contribution in [2.24, 2.45) is 5.10 Å². The minimum Gasteiger partial charge on any atom is -0.487 e. The molecule has 0 saturated heterocycles. The summed E-state index contributed by atoms with van der Waals surface area (Å²) in [5.74, 6) is -0.239. The quantitative estimate of drug-likeness (QED) is 0.0943. The molecule has 0 radical (unpaired) electrons. The molecule has 0 bridgehead atoms. The molecule has 0 spiro atoms. The van der Waals surface area contributed by atoms with E-state index < -0.39 is 23.7 Å². The zero-order chi connectivity index (χ0) is 31.7. The first-order valence-electron chi connectivity index (χ1n) is 13.6. The number of amides is 2. The lowest BCUT2D eigenvalue weighted by molar-refractivity contribution is 0.0955. The number of anilines is 1. The molecule has 0 aliphatic rings. The third-order valence-corrected chi connectivity index (χ3v) is 7.03. The first-order valence-corrected chi connectivity index (χ1v) is 14.8. The van der Waals surface area contributed by atoms with Crippen molar-refractivity contribution in [1.82, 2.24) is 5.43 Å². The topological polar surface area (TPSA) is 148 Å². The van der Waals surface area contributed by atoms with Gasteiger partial charge < -0.3 is 34.5 Å². The zero-order valence-electron chi connectivity index (χ0n) is 24.5. The largest absolute Gasteiger partial charge is 0.487 e. The number of methoxy groups -OCH3 is 2. The molecule has 3 aromatic carbocycles.